The molecule has 1 aromatic carbocycles. The third kappa shape index (κ3) is 3.68. The summed E-state index contributed by atoms with van der Waals surface area (Å²) in [5.74, 6) is 4.77. The van der Waals surface area contributed by atoms with Crippen molar-refractivity contribution < 1.29 is 17.9 Å². The average molecular weight is 286 g/mol. The predicted octanol–water partition coefficient (Wildman–Crippen LogP) is 0.626. The van der Waals surface area contributed by atoms with Gasteiger partial charge < -0.3 is 4.74 Å². The van der Waals surface area contributed by atoms with Gasteiger partial charge in [0.2, 0.25) is 0 Å². The molecule has 1 amide bonds. The van der Waals surface area contributed by atoms with Crippen molar-refractivity contribution in [1.29, 1.82) is 0 Å². The van der Waals surface area contributed by atoms with Gasteiger partial charge in [0, 0.05) is 0 Å². The third-order valence-corrected chi connectivity index (χ3v) is 4.58. The van der Waals surface area contributed by atoms with Crippen LogP contribution in [-0.4, -0.2) is 25.7 Å². The van der Waals surface area contributed by atoms with Crippen LogP contribution in [0.25, 0.3) is 0 Å². The number of benzene rings is 1. The summed E-state index contributed by atoms with van der Waals surface area (Å²) in [6.07, 6.45) is 0.00407. The van der Waals surface area contributed by atoms with Crippen LogP contribution < -0.4 is 16.0 Å². The maximum Gasteiger partial charge on any atom is 0.252 e. The van der Waals surface area contributed by atoms with Gasteiger partial charge in [-0.05, 0) is 45.0 Å². The molecule has 0 aliphatic heterocycles. The van der Waals surface area contributed by atoms with E-state index < -0.39 is 21.0 Å². The topological polar surface area (TPSA) is 98.5 Å². The maximum atomic E-state index is 12.1. The zero-order valence-corrected chi connectivity index (χ0v) is 11.9. The second kappa shape index (κ2) is 6.03. The standard InChI is InChI=1S/C12H18N2O4S/c1-8(2)18-10-4-6-11(7-5-10)19(16,17)9(3)12(15)14-13/h4-9H,13H2,1-3H3,(H,14,15)/t9-/m1/s1. The molecule has 0 saturated carbocycles. The lowest BCUT2D eigenvalue weighted by atomic mass is 10.3. The highest BCUT2D eigenvalue weighted by Crippen LogP contribution is 2.20. The fraction of sp³-hybridized carbons (Fsp3) is 0.417. The molecule has 0 heterocycles. The van der Waals surface area contributed by atoms with Crippen LogP contribution in [-0.2, 0) is 14.6 Å². The lowest BCUT2D eigenvalue weighted by Gasteiger charge is -2.13. The first-order valence-corrected chi connectivity index (χ1v) is 7.34. The van der Waals surface area contributed by atoms with E-state index in [1.54, 1.807) is 12.1 Å². The number of carbonyl (C=O) groups is 1. The Morgan fingerprint density at radius 2 is 1.74 bits per heavy atom. The van der Waals surface area contributed by atoms with Crippen LogP contribution in [0.1, 0.15) is 20.8 Å². The third-order valence-electron chi connectivity index (χ3n) is 2.50. The van der Waals surface area contributed by atoms with Crippen LogP contribution in [0.15, 0.2) is 29.2 Å². The van der Waals surface area contributed by atoms with Crippen LogP contribution in [0, 0.1) is 0 Å². The van der Waals surface area contributed by atoms with Crippen molar-refractivity contribution in [1.82, 2.24) is 5.43 Å². The van der Waals surface area contributed by atoms with E-state index in [4.69, 9.17) is 10.6 Å². The minimum absolute atomic E-state index is 0.00407. The molecule has 0 spiro atoms. The van der Waals surface area contributed by atoms with Gasteiger partial charge in [-0.15, -0.1) is 0 Å². The number of carbonyl (C=O) groups excluding carboxylic acids is 1. The molecule has 106 valence electrons. The van der Waals surface area contributed by atoms with Gasteiger partial charge in [0.25, 0.3) is 5.91 Å². The van der Waals surface area contributed by atoms with E-state index in [1.165, 1.54) is 19.1 Å². The lowest BCUT2D eigenvalue weighted by Crippen LogP contribution is -2.41. The molecule has 0 fully saturated rings. The summed E-state index contributed by atoms with van der Waals surface area (Å²) < 4.78 is 29.6. The van der Waals surface area contributed by atoms with E-state index in [2.05, 4.69) is 0 Å². The van der Waals surface area contributed by atoms with Gasteiger partial charge in [-0.2, -0.15) is 0 Å². The van der Waals surface area contributed by atoms with Crippen LogP contribution in [0.2, 0.25) is 0 Å². The van der Waals surface area contributed by atoms with Gasteiger partial charge in [0.1, 0.15) is 11.0 Å². The summed E-state index contributed by atoms with van der Waals surface area (Å²) in [4.78, 5) is 11.4. The van der Waals surface area contributed by atoms with E-state index in [1.807, 2.05) is 19.3 Å². The van der Waals surface area contributed by atoms with Crippen LogP contribution in [0.5, 0.6) is 5.75 Å². The summed E-state index contributed by atoms with van der Waals surface area (Å²) in [6.45, 7) is 5.03. The fourth-order valence-electron chi connectivity index (χ4n) is 1.44. The summed E-state index contributed by atoms with van der Waals surface area (Å²) in [5.41, 5.74) is 1.84. The van der Waals surface area contributed by atoms with Crippen molar-refractivity contribution >= 4 is 15.7 Å². The predicted molar refractivity (Wildman–Crippen MR) is 71.2 cm³/mol. The SMILES string of the molecule is CC(C)Oc1ccc(S(=O)(=O)[C@H](C)C(=O)NN)cc1. The van der Waals surface area contributed by atoms with Crippen molar-refractivity contribution in [3.05, 3.63) is 24.3 Å². The highest BCUT2D eigenvalue weighted by Gasteiger charge is 2.29. The Balaban J connectivity index is 3.00. The fourth-order valence-corrected chi connectivity index (χ4v) is 2.72. The normalized spacial score (nSPS) is 13.1. The van der Waals surface area contributed by atoms with Gasteiger partial charge >= 0.3 is 0 Å². The zero-order valence-electron chi connectivity index (χ0n) is 11.1. The van der Waals surface area contributed by atoms with Gasteiger partial charge in [0.15, 0.2) is 9.84 Å². The Bertz CT molecular complexity index is 537. The maximum absolute atomic E-state index is 12.1. The van der Waals surface area contributed by atoms with Crippen LogP contribution in [0.3, 0.4) is 0 Å². The van der Waals surface area contributed by atoms with E-state index >= 15 is 0 Å². The van der Waals surface area contributed by atoms with E-state index in [0.29, 0.717) is 5.75 Å². The molecule has 1 aromatic rings. The molecule has 0 aliphatic carbocycles. The van der Waals surface area contributed by atoms with E-state index in [9.17, 15) is 13.2 Å². The monoisotopic (exact) mass is 286 g/mol. The number of hydrogen-bond donors (Lipinski definition) is 2. The van der Waals surface area contributed by atoms with E-state index in [-0.39, 0.29) is 11.0 Å². The molecule has 19 heavy (non-hydrogen) atoms. The molecule has 0 unspecified atom stereocenters. The molecule has 7 heteroatoms. The molecule has 0 radical (unpaired) electrons. The molecular formula is C12H18N2O4S. The first-order chi connectivity index (χ1) is 8.78. The number of amides is 1. The number of nitrogens with one attached hydrogen (secondary N) is 1. The first-order valence-electron chi connectivity index (χ1n) is 5.80. The highest BCUT2D eigenvalue weighted by atomic mass is 32.2. The summed E-state index contributed by atoms with van der Waals surface area (Å²) in [5, 5.41) is -1.24. The molecule has 6 nitrogen and oxygen atoms in total. The highest BCUT2D eigenvalue weighted by molar-refractivity contribution is 7.92. The quantitative estimate of drug-likeness (QED) is 0.470. The van der Waals surface area contributed by atoms with Crippen molar-refractivity contribution in [2.24, 2.45) is 5.84 Å². The second-order valence-corrected chi connectivity index (χ2v) is 6.60. The Hall–Kier alpha value is -1.60. The van der Waals surface area contributed by atoms with E-state index in [0.717, 1.165) is 0 Å². The minimum atomic E-state index is -3.74. The number of ether oxygens (including phenoxy) is 1. The largest absolute Gasteiger partial charge is 0.491 e. The summed E-state index contributed by atoms with van der Waals surface area (Å²) in [6, 6.07) is 5.93. The average Bonchev–Trinajstić information content (AvgIpc) is 2.36. The van der Waals surface area contributed by atoms with Crippen molar-refractivity contribution in [2.45, 2.75) is 37.0 Å². The van der Waals surface area contributed by atoms with Crippen LogP contribution >= 0.6 is 0 Å². The molecule has 0 aromatic heterocycles. The molecule has 1 atom stereocenters. The summed E-state index contributed by atoms with van der Waals surface area (Å²) >= 11 is 0. The minimum Gasteiger partial charge on any atom is -0.491 e. The van der Waals surface area contributed by atoms with Crippen LogP contribution in [0.4, 0.5) is 0 Å². The number of hydrazine groups is 1. The number of rotatable bonds is 5. The smallest absolute Gasteiger partial charge is 0.252 e. The molecule has 0 saturated heterocycles. The molecule has 1 rings (SSSR count). The van der Waals surface area contributed by atoms with Gasteiger partial charge in [-0.1, -0.05) is 0 Å². The second-order valence-electron chi connectivity index (χ2n) is 4.33. The van der Waals surface area contributed by atoms with Crippen molar-refractivity contribution in [3.8, 4) is 5.75 Å². The Labute approximate surface area is 112 Å². The molecular weight excluding hydrogens is 268 g/mol. The van der Waals surface area contributed by atoms with Crippen molar-refractivity contribution in [2.75, 3.05) is 0 Å². The van der Waals surface area contributed by atoms with Gasteiger partial charge in [-0.25, -0.2) is 14.3 Å². The van der Waals surface area contributed by atoms with Gasteiger partial charge in [-0.3, -0.25) is 10.2 Å². The number of nitrogens with two attached hydrogens (primary N) is 1. The lowest BCUT2D eigenvalue weighted by molar-refractivity contribution is -0.120. The Morgan fingerprint density at radius 3 is 2.16 bits per heavy atom. The molecule has 0 bridgehead atoms. The number of hydrogen-bond acceptors (Lipinski definition) is 5. The molecule has 0 aliphatic rings. The van der Waals surface area contributed by atoms with Gasteiger partial charge in [0.05, 0.1) is 11.0 Å². The van der Waals surface area contributed by atoms with Crippen molar-refractivity contribution in [3.63, 3.8) is 0 Å². The Kier molecular flexibility index (Phi) is 4.90. The Morgan fingerprint density at radius 1 is 1.21 bits per heavy atom. The summed E-state index contributed by atoms with van der Waals surface area (Å²) in [7, 11) is -3.74. The molecule has 3 N–H and O–H groups in total. The first kappa shape index (κ1) is 15.5. The zero-order chi connectivity index (χ0) is 14.6. The number of sulfone groups is 1.